The molecule has 8 heteroatoms. The number of piperidine rings is 1. The number of fused-ring (bicyclic) bond motifs is 1. The van der Waals surface area contributed by atoms with E-state index in [4.69, 9.17) is 4.11 Å². The highest BCUT2D eigenvalue weighted by Gasteiger charge is 2.26. The topological polar surface area (TPSA) is 62.2 Å². The summed E-state index contributed by atoms with van der Waals surface area (Å²) in [5.41, 5.74) is 1.66. The summed E-state index contributed by atoms with van der Waals surface area (Å²) in [6.07, 6.45) is 1.73. The number of benzene rings is 1. The van der Waals surface area contributed by atoms with Crippen LogP contribution in [0.2, 0.25) is 0 Å². The molecule has 0 radical (unpaired) electrons. The van der Waals surface area contributed by atoms with E-state index in [0.29, 0.717) is 31.6 Å². The molecule has 0 spiro atoms. The molecule has 1 aromatic carbocycles. The Kier molecular flexibility index (Phi) is 5.48. The molecule has 6 nitrogen and oxygen atoms in total. The Hall–Kier alpha value is -2.45. The van der Waals surface area contributed by atoms with Crippen LogP contribution in [0.3, 0.4) is 0 Å². The van der Waals surface area contributed by atoms with E-state index >= 15 is 0 Å². The molecule has 1 aliphatic heterocycles. The molecule has 1 amide bonds. The largest absolute Gasteiger partial charge is 0.342 e. The van der Waals surface area contributed by atoms with E-state index in [2.05, 4.69) is 15.2 Å². The molecule has 0 bridgehead atoms. The van der Waals surface area contributed by atoms with Gasteiger partial charge in [-0.1, -0.05) is 23.5 Å². The van der Waals surface area contributed by atoms with E-state index in [1.165, 1.54) is 23.2 Å². The first-order valence-corrected chi connectivity index (χ1v) is 11.3. The fourth-order valence-electron chi connectivity index (χ4n) is 3.94. The monoisotopic (exact) mass is 444 g/mol. The van der Waals surface area contributed by atoms with Gasteiger partial charge in [0.25, 0.3) is 0 Å². The number of pyridine rings is 1. The fraction of sp³-hybridized carbons (Fsp3) is 0.478. The van der Waals surface area contributed by atoms with Crippen LogP contribution in [0.5, 0.6) is 0 Å². The van der Waals surface area contributed by atoms with E-state index in [0.717, 1.165) is 26.4 Å². The summed E-state index contributed by atoms with van der Waals surface area (Å²) < 4.78 is 36.8. The molecule has 0 aliphatic carbocycles. The van der Waals surface area contributed by atoms with Crippen molar-refractivity contribution in [1.82, 2.24) is 25.0 Å². The molecule has 4 rings (SSSR count). The minimum absolute atomic E-state index is 0.0412. The lowest BCUT2D eigenvalue weighted by Gasteiger charge is -2.37. The fourth-order valence-corrected chi connectivity index (χ4v) is 4.63. The first-order chi connectivity index (χ1) is 16.1. The van der Waals surface area contributed by atoms with Crippen LogP contribution in [-0.4, -0.2) is 69.7 Å². The van der Waals surface area contributed by atoms with Crippen LogP contribution in [0.4, 0.5) is 4.39 Å². The third-order valence-corrected chi connectivity index (χ3v) is 6.48. The normalized spacial score (nSPS) is 18.1. The van der Waals surface area contributed by atoms with Crippen molar-refractivity contribution in [2.75, 3.05) is 26.6 Å². The van der Waals surface area contributed by atoms with E-state index < -0.39 is 13.1 Å². The standard InChI is InChI=1S/C23H28FN5OS/c1-15(24)14-28(3)21-6-8-29(9-7-21)22(30)12-20-11-19-10-17(4-5-18(19)13-25-20)23-27-26-16(2)31-23/h4-5,10-11,13,15,21H,6-9,12,14H2,1-3H3/i3D3. The molecule has 3 aromatic rings. The van der Waals surface area contributed by atoms with Gasteiger partial charge < -0.3 is 9.80 Å². The Labute approximate surface area is 190 Å². The molecular weight excluding hydrogens is 413 g/mol. The van der Waals surface area contributed by atoms with Crippen molar-refractivity contribution >= 4 is 28.0 Å². The highest BCUT2D eigenvalue weighted by Crippen LogP contribution is 2.27. The molecule has 1 atom stereocenters. The van der Waals surface area contributed by atoms with Crippen LogP contribution in [0.1, 0.15) is 34.6 Å². The van der Waals surface area contributed by atoms with Gasteiger partial charge in [-0.2, -0.15) is 0 Å². The van der Waals surface area contributed by atoms with Gasteiger partial charge in [-0.3, -0.25) is 9.78 Å². The minimum Gasteiger partial charge on any atom is -0.342 e. The Balaban J connectivity index is 1.41. The summed E-state index contributed by atoms with van der Waals surface area (Å²) in [6, 6.07) is 7.67. The molecule has 1 fully saturated rings. The number of hydrogen-bond donors (Lipinski definition) is 0. The zero-order valence-electron chi connectivity index (χ0n) is 20.7. The first-order valence-electron chi connectivity index (χ1n) is 12.0. The van der Waals surface area contributed by atoms with Crippen LogP contribution in [0.25, 0.3) is 21.3 Å². The third-order valence-electron chi connectivity index (χ3n) is 5.59. The maximum atomic E-state index is 13.5. The molecular formula is C23H28FN5OS. The van der Waals surface area contributed by atoms with E-state index in [9.17, 15) is 9.18 Å². The van der Waals surface area contributed by atoms with Gasteiger partial charge in [0.15, 0.2) is 0 Å². The van der Waals surface area contributed by atoms with Crippen molar-refractivity contribution in [3.63, 3.8) is 0 Å². The predicted molar refractivity (Wildman–Crippen MR) is 122 cm³/mol. The Morgan fingerprint density at radius 1 is 1.32 bits per heavy atom. The van der Waals surface area contributed by atoms with Gasteiger partial charge in [0.1, 0.15) is 16.2 Å². The molecule has 164 valence electrons. The molecule has 0 N–H and O–H groups in total. The summed E-state index contributed by atoms with van der Waals surface area (Å²) >= 11 is 1.53. The predicted octanol–water partition coefficient (Wildman–Crippen LogP) is 3.89. The van der Waals surface area contributed by atoms with Gasteiger partial charge in [0.05, 0.1) is 12.1 Å². The van der Waals surface area contributed by atoms with E-state index in [1.54, 1.807) is 11.1 Å². The summed E-state index contributed by atoms with van der Waals surface area (Å²) in [6.45, 7) is 1.70. The average Bonchev–Trinajstić information content (AvgIpc) is 3.22. The van der Waals surface area contributed by atoms with E-state index in [-0.39, 0.29) is 24.9 Å². The number of alkyl halides is 1. The van der Waals surface area contributed by atoms with Crippen molar-refractivity contribution in [3.05, 3.63) is 41.2 Å². The number of carbonyl (C=O) groups is 1. The summed E-state index contributed by atoms with van der Waals surface area (Å²) in [7, 11) is 0. The van der Waals surface area contributed by atoms with Crippen molar-refractivity contribution in [3.8, 4) is 10.6 Å². The number of hydrogen-bond acceptors (Lipinski definition) is 6. The highest BCUT2D eigenvalue weighted by molar-refractivity contribution is 7.14. The quantitative estimate of drug-likeness (QED) is 0.577. The number of nitrogens with zero attached hydrogens (tertiary/aromatic N) is 5. The molecule has 3 heterocycles. The number of likely N-dealkylation sites (tertiary alicyclic amines) is 1. The molecule has 1 saturated heterocycles. The maximum absolute atomic E-state index is 13.5. The SMILES string of the molecule is [2H]C([2H])([2H])N(CC(C)F)C1CCN(C(=O)Cc2cc3cc(-c4nnc(C)s4)ccc3cn2)CC1. The Bertz CT molecular complexity index is 1160. The van der Waals surface area contributed by atoms with Crippen molar-refractivity contribution in [2.24, 2.45) is 0 Å². The first kappa shape index (κ1) is 18.2. The van der Waals surface area contributed by atoms with Gasteiger partial charge >= 0.3 is 0 Å². The van der Waals surface area contributed by atoms with Crippen molar-refractivity contribution < 1.29 is 13.3 Å². The number of halogens is 1. The second-order valence-electron chi connectivity index (χ2n) is 8.09. The number of amides is 1. The molecule has 1 unspecified atom stereocenters. The molecule has 0 saturated carbocycles. The Morgan fingerprint density at radius 2 is 2.13 bits per heavy atom. The van der Waals surface area contributed by atoms with Gasteiger partial charge in [0, 0.05) is 46.9 Å². The smallest absolute Gasteiger partial charge is 0.228 e. The molecule has 1 aliphatic rings. The number of rotatable bonds is 6. The maximum Gasteiger partial charge on any atom is 0.228 e. The van der Waals surface area contributed by atoms with E-state index in [1.807, 2.05) is 31.2 Å². The van der Waals surface area contributed by atoms with Gasteiger partial charge in [-0.15, -0.1) is 10.2 Å². The Morgan fingerprint density at radius 3 is 2.81 bits per heavy atom. The minimum atomic E-state index is -2.35. The summed E-state index contributed by atoms with van der Waals surface area (Å²) in [5, 5.41) is 12.0. The number of carbonyl (C=O) groups excluding carboxylic acids is 1. The summed E-state index contributed by atoms with van der Waals surface area (Å²) in [5.74, 6) is -0.0412. The summed E-state index contributed by atoms with van der Waals surface area (Å²) in [4.78, 5) is 20.4. The van der Waals surface area contributed by atoms with Gasteiger partial charge in [0.2, 0.25) is 5.91 Å². The number of aryl methyl sites for hydroxylation is 1. The second-order valence-corrected chi connectivity index (χ2v) is 9.27. The highest BCUT2D eigenvalue weighted by atomic mass is 32.1. The van der Waals surface area contributed by atoms with Crippen molar-refractivity contribution in [2.45, 2.75) is 45.3 Å². The lowest BCUT2D eigenvalue weighted by Crippen LogP contribution is -2.47. The number of aromatic nitrogens is 3. The van der Waals surface area contributed by atoms with Crippen LogP contribution >= 0.6 is 11.3 Å². The zero-order valence-corrected chi connectivity index (χ0v) is 18.5. The lowest BCUT2D eigenvalue weighted by atomic mass is 10.0. The molecule has 31 heavy (non-hydrogen) atoms. The average molecular weight is 445 g/mol. The van der Waals surface area contributed by atoms with Crippen LogP contribution in [0, 0.1) is 6.92 Å². The zero-order chi connectivity index (χ0) is 24.5. The van der Waals surface area contributed by atoms with Crippen LogP contribution < -0.4 is 0 Å². The lowest BCUT2D eigenvalue weighted by molar-refractivity contribution is -0.132. The second kappa shape index (κ2) is 9.36. The third kappa shape index (κ3) is 5.25. The van der Waals surface area contributed by atoms with Crippen LogP contribution in [-0.2, 0) is 11.2 Å². The van der Waals surface area contributed by atoms with Gasteiger partial charge in [-0.05, 0) is 51.2 Å². The van der Waals surface area contributed by atoms with Crippen LogP contribution in [0.15, 0.2) is 30.5 Å². The van der Waals surface area contributed by atoms with Gasteiger partial charge in [-0.25, -0.2) is 4.39 Å². The molecule has 2 aromatic heterocycles. The van der Waals surface area contributed by atoms with Crippen molar-refractivity contribution in [1.29, 1.82) is 0 Å².